The fourth-order valence-corrected chi connectivity index (χ4v) is 6.09. The average molecular weight is 392 g/mol. The van der Waals surface area contributed by atoms with Crippen molar-refractivity contribution in [2.45, 2.75) is 51.5 Å². The third-order valence-corrected chi connectivity index (χ3v) is 7.09. The number of nitrogens with one attached hydrogen (secondary N) is 1. The first-order chi connectivity index (χ1) is 11.5. The minimum absolute atomic E-state index is 0.00108. The second kappa shape index (κ2) is 6.36. The SMILES string of the molecule is C[C@@H](NC(=O)COc1ccc(Br)cc1)C12CC3CC(CC(C3)C1)C2. The van der Waals surface area contributed by atoms with Gasteiger partial charge in [-0.15, -0.1) is 0 Å². The molecular weight excluding hydrogens is 366 g/mol. The van der Waals surface area contributed by atoms with E-state index in [2.05, 4.69) is 28.2 Å². The highest BCUT2D eigenvalue weighted by Gasteiger charge is 2.53. The van der Waals surface area contributed by atoms with Crippen LogP contribution >= 0.6 is 15.9 Å². The van der Waals surface area contributed by atoms with E-state index in [9.17, 15) is 4.79 Å². The van der Waals surface area contributed by atoms with Crippen LogP contribution in [0.25, 0.3) is 0 Å². The number of halogens is 1. The lowest BCUT2D eigenvalue weighted by molar-refractivity contribution is -0.127. The molecule has 3 nitrogen and oxygen atoms in total. The van der Waals surface area contributed by atoms with Gasteiger partial charge in [0.2, 0.25) is 0 Å². The highest BCUT2D eigenvalue weighted by atomic mass is 79.9. The van der Waals surface area contributed by atoms with Crippen LogP contribution in [0.15, 0.2) is 28.7 Å². The van der Waals surface area contributed by atoms with E-state index in [1.807, 2.05) is 24.3 Å². The summed E-state index contributed by atoms with van der Waals surface area (Å²) < 4.78 is 6.62. The Morgan fingerprint density at radius 2 is 1.71 bits per heavy atom. The lowest BCUT2D eigenvalue weighted by Gasteiger charge is -2.59. The van der Waals surface area contributed by atoms with Gasteiger partial charge in [0.05, 0.1) is 0 Å². The van der Waals surface area contributed by atoms with Crippen LogP contribution in [0.1, 0.15) is 45.4 Å². The first kappa shape index (κ1) is 16.4. The van der Waals surface area contributed by atoms with Gasteiger partial charge in [0.15, 0.2) is 6.61 Å². The van der Waals surface area contributed by atoms with E-state index in [0.29, 0.717) is 5.41 Å². The van der Waals surface area contributed by atoms with Gasteiger partial charge < -0.3 is 10.1 Å². The molecule has 4 aliphatic carbocycles. The quantitative estimate of drug-likeness (QED) is 0.799. The highest BCUT2D eigenvalue weighted by molar-refractivity contribution is 9.10. The Labute approximate surface area is 152 Å². The van der Waals surface area contributed by atoms with Crippen LogP contribution in [0.5, 0.6) is 5.75 Å². The zero-order chi connectivity index (χ0) is 16.7. The van der Waals surface area contributed by atoms with E-state index in [4.69, 9.17) is 4.74 Å². The van der Waals surface area contributed by atoms with Crippen LogP contribution in [-0.2, 0) is 4.79 Å². The summed E-state index contributed by atoms with van der Waals surface area (Å²) in [7, 11) is 0. The van der Waals surface area contributed by atoms with Crippen LogP contribution in [0, 0.1) is 23.2 Å². The molecule has 0 radical (unpaired) electrons. The van der Waals surface area contributed by atoms with Gasteiger partial charge in [0, 0.05) is 10.5 Å². The Morgan fingerprint density at radius 3 is 2.25 bits per heavy atom. The number of carbonyl (C=O) groups is 1. The fraction of sp³-hybridized carbons (Fsp3) is 0.650. The van der Waals surface area contributed by atoms with E-state index in [0.717, 1.165) is 28.0 Å². The van der Waals surface area contributed by atoms with Gasteiger partial charge in [-0.2, -0.15) is 0 Å². The number of rotatable bonds is 5. The number of hydrogen-bond donors (Lipinski definition) is 1. The van der Waals surface area contributed by atoms with Crippen molar-refractivity contribution in [3.8, 4) is 5.75 Å². The number of hydrogen-bond acceptors (Lipinski definition) is 2. The average Bonchev–Trinajstić information content (AvgIpc) is 2.53. The zero-order valence-electron chi connectivity index (χ0n) is 14.3. The predicted molar refractivity (Wildman–Crippen MR) is 97.8 cm³/mol. The van der Waals surface area contributed by atoms with Gasteiger partial charge in [-0.25, -0.2) is 0 Å². The third kappa shape index (κ3) is 3.22. The van der Waals surface area contributed by atoms with Crippen LogP contribution in [0.2, 0.25) is 0 Å². The molecule has 1 amide bonds. The molecular formula is C20H26BrNO2. The van der Waals surface area contributed by atoms with Crippen molar-refractivity contribution in [1.82, 2.24) is 5.32 Å². The number of ether oxygens (including phenoxy) is 1. The van der Waals surface area contributed by atoms with Crippen molar-refractivity contribution in [1.29, 1.82) is 0 Å². The molecule has 4 heteroatoms. The second-order valence-corrected chi connectivity index (χ2v) is 9.23. The standard InChI is InChI=1S/C20H26BrNO2/c1-13(20-9-14-6-15(10-20)8-16(7-14)11-20)22-19(23)12-24-18-4-2-17(21)3-5-18/h2-5,13-16H,6-12H2,1H3,(H,22,23)/t13-,14?,15?,16?,20?/m1/s1. The molecule has 4 bridgehead atoms. The molecule has 0 heterocycles. The molecule has 130 valence electrons. The van der Waals surface area contributed by atoms with Crippen LogP contribution in [0.4, 0.5) is 0 Å². The largest absolute Gasteiger partial charge is 0.484 e. The van der Waals surface area contributed by atoms with E-state index < -0.39 is 0 Å². The molecule has 4 saturated carbocycles. The lowest BCUT2D eigenvalue weighted by atomic mass is 9.48. The van der Waals surface area contributed by atoms with Gasteiger partial charge in [-0.05, 0) is 92.9 Å². The first-order valence-corrected chi connectivity index (χ1v) is 9.99. The maximum atomic E-state index is 12.3. The van der Waals surface area contributed by atoms with Gasteiger partial charge in [0.25, 0.3) is 5.91 Å². The summed E-state index contributed by atoms with van der Waals surface area (Å²) in [5, 5.41) is 3.25. The Bertz CT molecular complexity index is 577. The third-order valence-electron chi connectivity index (χ3n) is 6.57. The van der Waals surface area contributed by atoms with Gasteiger partial charge in [0.1, 0.15) is 5.75 Å². The smallest absolute Gasteiger partial charge is 0.258 e. The molecule has 4 fully saturated rings. The summed E-state index contributed by atoms with van der Waals surface area (Å²) in [6.45, 7) is 2.31. The van der Waals surface area contributed by atoms with Crippen molar-refractivity contribution < 1.29 is 9.53 Å². The zero-order valence-corrected chi connectivity index (χ0v) is 15.8. The Kier molecular flexibility index (Phi) is 4.36. The normalized spacial score (nSPS) is 34.8. The van der Waals surface area contributed by atoms with Crippen LogP contribution < -0.4 is 10.1 Å². The van der Waals surface area contributed by atoms with Crippen molar-refractivity contribution in [2.24, 2.45) is 23.2 Å². The number of amides is 1. The van der Waals surface area contributed by atoms with Crippen molar-refractivity contribution >= 4 is 21.8 Å². The highest BCUT2D eigenvalue weighted by Crippen LogP contribution is 2.61. The predicted octanol–water partition coefficient (Wildman–Crippen LogP) is 4.55. The number of benzene rings is 1. The molecule has 24 heavy (non-hydrogen) atoms. The van der Waals surface area contributed by atoms with E-state index >= 15 is 0 Å². The Balaban J connectivity index is 1.33. The van der Waals surface area contributed by atoms with E-state index in [1.54, 1.807) is 0 Å². The molecule has 1 atom stereocenters. The summed E-state index contributed by atoms with van der Waals surface area (Å²) >= 11 is 3.40. The molecule has 0 unspecified atom stereocenters. The minimum Gasteiger partial charge on any atom is -0.484 e. The fourth-order valence-electron chi connectivity index (χ4n) is 5.82. The van der Waals surface area contributed by atoms with Gasteiger partial charge in [-0.1, -0.05) is 15.9 Å². The summed E-state index contributed by atoms with van der Waals surface area (Å²) in [6.07, 6.45) is 8.25. The Hall–Kier alpha value is -1.03. The maximum Gasteiger partial charge on any atom is 0.258 e. The maximum absolute atomic E-state index is 12.3. The number of carbonyl (C=O) groups excluding carboxylic acids is 1. The van der Waals surface area contributed by atoms with Crippen molar-refractivity contribution in [2.75, 3.05) is 6.61 Å². The lowest BCUT2D eigenvalue weighted by Crippen LogP contribution is -2.56. The minimum atomic E-state index is 0.00108. The topological polar surface area (TPSA) is 38.3 Å². The summed E-state index contributed by atoms with van der Waals surface area (Å²) in [6, 6.07) is 7.85. The van der Waals surface area contributed by atoms with Crippen LogP contribution in [-0.4, -0.2) is 18.6 Å². The van der Waals surface area contributed by atoms with Gasteiger partial charge >= 0.3 is 0 Å². The van der Waals surface area contributed by atoms with E-state index in [1.165, 1.54) is 38.5 Å². The summed E-state index contributed by atoms with van der Waals surface area (Å²) in [5.74, 6) is 3.47. The summed E-state index contributed by atoms with van der Waals surface area (Å²) in [4.78, 5) is 12.3. The molecule has 0 aliphatic heterocycles. The van der Waals surface area contributed by atoms with Crippen LogP contribution in [0.3, 0.4) is 0 Å². The summed E-state index contributed by atoms with van der Waals surface area (Å²) in [5.41, 5.74) is 0.349. The molecule has 0 saturated heterocycles. The monoisotopic (exact) mass is 391 g/mol. The van der Waals surface area contributed by atoms with Gasteiger partial charge in [-0.3, -0.25) is 4.79 Å². The molecule has 1 N–H and O–H groups in total. The molecule has 1 aromatic carbocycles. The molecule has 0 aromatic heterocycles. The second-order valence-electron chi connectivity index (χ2n) is 8.31. The first-order valence-electron chi connectivity index (χ1n) is 9.20. The molecule has 1 aromatic rings. The van der Waals surface area contributed by atoms with E-state index in [-0.39, 0.29) is 18.6 Å². The van der Waals surface area contributed by atoms with Crippen molar-refractivity contribution in [3.05, 3.63) is 28.7 Å². The molecule has 5 rings (SSSR count). The molecule has 4 aliphatic rings. The van der Waals surface area contributed by atoms with Crippen molar-refractivity contribution in [3.63, 3.8) is 0 Å². The Morgan fingerprint density at radius 1 is 1.17 bits per heavy atom. The molecule has 0 spiro atoms.